The fraction of sp³-hybridized carbons (Fsp3) is 0.933. The number of amides is 1. The Morgan fingerprint density at radius 2 is 2.10 bits per heavy atom. The molecule has 0 aromatic rings. The summed E-state index contributed by atoms with van der Waals surface area (Å²) in [6.45, 7) is 11.6. The number of likely N-dealkylation sites (tertiary alicyclic amines) is 1. The molecule has 2 atom stereocenters. The summed E-state index contributed by atoms with van der Waals surface area (Å²) in [5, 5.41) is 6.27. The number of carbonyl (C=O) groups excluding carboxylic acids is 1. The Kier molecular flexibility index (Phi) is 6.76. The van der Waals surface area contributed by atoms with E-state index < -0.39 is 5.60 Å². The zero-order valence-corrected chi connectivity index (χ0v) is 13.7. The van der Waals surface area contributed by atoms with Gasteiger partial charge in [-0.05, 0) is 60.0 Å². The molecule has 20 heavy (non-hydrogen) atoms. The lowest BCUT2D eigenvalue weighted by atomic mass is 9.92. The number of hydrogen-bond acceptors (Lipinski definition) is 4. The van der Waals surface area contributed by atoms with Crippen molar-refractivity contribution in [1.82, 2.24) is 15.5 Å². The third-order valence-corrected chi connectivity index (χ3v) is 3.63. The summed E-state index contributed by atoms with van der Waals surface area (Å²) in [5.41, 5.74) is -0.433. The molecule has 1 aliphatic heterocycles. The van der Waals surface area contributed by atoms with E-state index >= 15 is 0 Å². The summed E-state index contributed by atoms with van der Waals surface area (Å²) < 4.78 is 5.19. The Morgan fingerprint density at radius 1 is 1.40 bits per heavy atom. The third-order valence-electron chi connectivity index (χ3n) is 3.63. The van der Waals surface area contributed by atoms with Crippen molar-refractivity contribution in [2.24, 2.45) is 5.92 Å². The van der Waals surface area contributed by atoms with Crippen molar-refractivity contribution in [3.63, 3.8) is 0 Å². The lowest BCUT2D eigenvalue weighted by molar-refractivity contribution is 0.0527. The molecule has 5 heteroatoms. The Morgan fingerprint density at radius 3 is 2.70 bits per heavy atom. The monoisotopic (exact) mass is 285 g/mol. The van der Waals surface area contributed by atoms with E-state index in [0.717, 1.165) is 13.1 Å². The van der Waals surface area contributed by atoms with Crippen molar-refractivity contribution in [3.05, 3.63) is 0 Å². The van der Waals surface area contributed by atoms with Crippen molar-refractivity contribution >= 4 is 6.09 Å². The first-order chi connectivity index (χ1) is 9.28. The van der Waals surface area contributed by atoms with Crippen molar-refractivity contribution in [1.29, 1.82) is 0 Å². The van der Waals surface area contributed by atoms with Gasteiger partial charge in [0.25, 0.3) is 0 Å². The van der Waals surface area contributed by atoms with E-state index in [1.54, 1.807) is 0 Å². The van der Waals surface area contributed by atoms with E-state index in [4.69, 9.17) is 4.74 Å². The highest BCUT2D eigenvalue weighted by Gasteiger charge is 2.22. The quantitative estimate of drug-likeness (QED) is 0.757. The molecule has 0 aromatic heterocycles. The van der Waals surface area contributed by atoms with Gasteiger partial charge in [-0.25, -0.2) is 4.79 Å². The first-order valence-electron chi connectivity index (χ1n) is 7.67. The number of rotatable bonds is 5. The van der Waals surface area contributed by atoms with Gasteiger partial charge < -0.3 is 20.3 Å². The molecule has 0 aromatic carbocycles. The molecule has 2 unspecified atom stereocenters. The van der Waals surface area contributed by atoms with Gasteiger partial charge in [0.2, 0.25) is 0 Å². The van der Waals surface area contributed by atoms with Crippen LogP contribution in [-0.4, -0.2) is 55.9 Å². The molecule has 0 saturated carbocycles. The lowest BCUT2D eigenvalue weighted by Crippen LogP contribution is -2.45. The van der Waals surface area contributed by atoms with Gasteiger partial charge in [-0.2, -0.15) is 0 Å². The smallest absolute Gasteiger partial charge is 0.407 e. The van der Waals surface area contributed by atoms with Crippen LogP contribution >= 0.6 is 0 Å². The molecule has 0 radical (unpaired) electrons. The maximum atomic E-state index is 11.5. The van der Waals surface area contributed by atoms with Crippen LogP contribution in [0.3, 0.4) is 0 Å². The number of ether oxygens (including phenoxy) is 1. The zero-order valence-electron chi connectivity index (χ0n) is 13.7. The van der Waals surface area contributed by atoms with Crippen molar-refractivity contribution < 1.29 is 9.53 Å². The molecule has 1 amide bonds. The predicted octanol–water partition coefficient (Wildman–Crippen LogP) is 1.83. The molecule has 1 heterocycles. The number of nitrogens with one attached hydrogen (secondary N) is 2. The van der Waals surface area contributed by atoms with E-state index in [-0.39, 0.29) is 6.09 Å². The summed E-state index contributed by atoms with van der Waals surface area (Å²) in [6, 6.07) is 0.484. The van der Waals surface area contributed by atoms with Gasteiger partial charge in [-0.1, -0.05) is 0 Å². The average molecular weight is 285 g/mol. The zero-order chi connectivity index (χ0) is 15.2. The first-order valence-corrected chi connectivity index (χ1v) is 7.67. The van der Waals surface area contributed by atoms with E-state index in [2.05, 4.69) is 29.5 Å². The fourth-order valence-corrected chi connectivity index (χ4v) is 2.56. The number of nitrogens with zero attached hydrogens (tertiary/aromatic N) is 1. The molecule has 0 spiro atoms. The maximum absolute atomic E-state index is 11.5. The van der Waals surface area contributed by atoms with Crippen molar-refractivity contribution in [2.45, 2.75) is 52.2 Å². The van der Waals surface area contributed by atoms with Gasteiger partial charge in [0.15, 0.2) is 0 Å². The van der Waals surface area contributed by atoms with Crippen molar-refractivity contribution in [2.75, 3.05) is 33.2 Å². The molecule has 1 rings (SSSR count). The van der Waals surface area contributed by atoms with Crippen LogP contribution in [0.15, 0.2) is 0 Å². The number of piperidine rings is 1. The van der Waals surface area contributed by atoms with Crippen LogP contribution in [0.2, 0.25) is 0 Å². The second kappa shape index (κ2) is 7.84. The van der Waals surface area contributed by atoms with Gasteiger partial charge in [-0.15, -0.1) is 0 Å². The topological polar surface area (TPSA) is 53.6 Å². The fourth-order valence-electron chi connectivity index (χ4n) is 2.56. The predicted molar refractivity (Wildman–Crippen MR) is 81.9 cm³/mol. The molecule has 5 nitrogen and oxygen atoms in total. The van der Waals surface area contributed by atoms with Gasteiger partial charge in [-0.3, -0.25) is 0 Å². The minimum atomic E-state index is -0.433. The van der Waals surface area contributed by atoms with E-state index in [1.165, 1.54) is 19.4 Å². The van der Waals surface area contributed by atoms with Crippen LogP contribution in [0.5, 0.6) is 0 Å². The Balaban J connectivity index is 2.13. The summed E-state index contributed by atoms with van der Waals surface area (Å²) in [6.07, 6.45) is 2.23. The Labute approximate surface area is 123 Å². The van der Waals surface area contributed by atoms with Crippen LogP contribution in [-0.2, 0) is 4.74 Å². The normalized spacial score (nSPS) is 22.4. The Bertz CT molecular complexity index is 302. The molecule has 2 N–H and O–H groups in total. The summed E-state index contributed by atoms with van der Waals surface area (Å²) >= 11 is 0. The number of alkyl carbamates (subject to hydrolysis) is 1. The van der Waals surface area contributed by atoms with Crippen LogP contribution in [0.4, 0.5) is 4.79 Å². The molecule has 118 valence electrons. The largest absolute Gasteiger partial charge is 0.444 e. The summed E-state index contributed by atoms with van der Waals surface area (Å²) in [7, 11) is 2.18. The summed E-state index contributed by atoms with van der Waals surface area (Å²) in [4.78, 5) is 13.9. The third kappa shape index (κ3) is 7.10. The number of carbonyl (C=O) groups is 1. The molecule has 0 aliphatic carbocycles. The SMILES string of the molecule is CC(NCCNC(=O)OC(C)(C)C)C1CCCN(C)C1. The second-order valence-electron chi connectivity index (χ2n) is 6.84. The maximum Gasteiger partial charge on any atom is 0.407 e. The molecular weight excluding hydrogens is 254 g/mol. The number of hydrogen-bond donors (Lipinski definition) is 2. The molecule has 0 bridgehead atoms. The summed E-state index contributed by atoms with van der Waals surface area (Å²) in [5.74, 6) is 0.704. The average Bonchev–Trinajstić information content (AvgIpc) is 2.32. The van der Waals surface area contributed by atoms with Gasteiger partial charge in [0.1, 0.15) is 5.60 Å². The second-order valence-corrected chi connectivity index (χ2v) is 6.84. The van der Waals surface area contributed by atoms with Crippen LogP contribution in [0, 0.1) is 5.92 Å². The van der Waals surface area contributed by atoms with Crippen molar-refractivity contribution in [3.8, 4) is 0 Å². The highest BCUT2D eigenvalue weighted by Crippen LogP contribution is 2.18. The molecule has 1 fully saturated rings. The van der Waals surface area contributed by atoms with E-state index in [1.807, 2.05) is 20.8 Å². The van der Waals surface area contributed by atoms with Crippen LogP contribution in [0.25, 0.3) is 0 Å². The van der Waals surface area contributed by atoms with E-state index in [0.29, 0.717) is 18.5 Å². The van der Waals surface area contributed by atoms with Crippen LogP contribution in [0.1, 0.15) is 40.5 Å². The minimum Gasteiger partial charge on any atom is -0.444 e. The highest BCUT2D eigenvalue weighted by molar-refractivity contribution is 5.67. The standard InChI is InChI=1S/C15H31N3O2/c1-12(13-7-6-10-18(5)11-13)16-8-9-17-14(19)20-15(2,3)4/h12-13,16H,6-11H2,1-5H3,(H,17,19). The molecular formula is C15H31N3O2. The Hall–Kier alpha value is -0.810. The minimum absolute atomic E-state index is 0.343. The molecule has 1 saturated heterocycles. The van der Waals surface area contributed by atoms with Gasteiger partial charge in [0, 0.05) is 25.7 Å². The molecule has 1 aliphatic rings. The van der Waals surface area contributed by atoms with E-state index in [9.17, 15) is 4.79 Å². The highest BCUT2D eigenvalue weighted by atomic mass is 16.6. The van der Waals surface area contributed by atoms with Crippen LogP contribution < -0.4 is 10.6 Å². The lowest BCUT2D eigenvalue weighted by Gasteiger charge is -2.34. The van der Waals surface area contributed by atoms with Gasteiger partial charge in [0.05, 0.1) is 0 Å². The van der Waals surface area contributed by atoms with Gasteiger partial charge >= 0.3 is 6.09 Å². The first kappa shape index (κ1) is 17.2.